The van der Waals surface area contributed by atoms with Gasteiger partial charge in [-0.25, -0.2) is 8.42 Å². The molecule has 1 amide bonds. The van der Waals surface area contributed by atoms with Crippen molar-refractivity contribution in [2.24, 2.45) is 5.92 Å². The lowest BCUT2D eigenvalue weighted by Crippen LogP contribution is -2.47. The molecule has 1 unspecified atom stereocenters. The first-order valence-electron chi connectivity index (χ1n) is 9.87. The maximum Gasteiger partial charge on any atom is 0.416 e. The zero-order chi connectivity index (χ0) is 23.5. The third-order valence-electron chi connectivity index (χ3n) is 5.28. The van der Waals surface area contributed by atoms with E-state index in [0.29, 0.717) is 23.3 Å². The van der Waals surface area contributed by atoms with Crippen molar-refractivity contribution in [3.8, 4) is 0 Å². The Balaban J connectivity index is 2.04. The van der Waals surface area contributed by atoms with Crippen LogP contribution in [0.15, 0.2) is 53.4 Å². The van der Waals surface area contributed by atoms with Gasteiger partial charge >= 0.3 is 6.18 Å². The lowest BCUT2D eigenvalue weighted by Gasteiger charge is -2.34. The molecule has 0 aliphatic carbocycles. The fraction of sp³-hybridized carbons (Fsp3) is 0.381. The Kier molecular flexibility index (Phi) is 7.36. The second-order valence-corrected chi connectivity index (χ2v) is 9.79. The van der Waals surface area contributed by atoms with Crippen LogP contribution in [-0.4, -0.2) is 50.6 Å². The lowest BCUT2D eigenvalue weighted by atomic mass is 9.99. The number of nitrogens with zero attached hydrogens (tertiary/aromatic N) is 2. The minimum Gasteiger partial charge on any atom is -0.396 e. The van der Waals surface area contributed by atoms with Crippen LogP contribution in [0.4, 0.5) is 18.9 Å². The summed E-state index contributed by atoms with van der Waals surface area (Å²) in [4.78, 5) is 14.2. The minimum atomic E-state index is -4.73. The van der Waals surface area contributed by atoms with Crippen LogP contribution in [0.1, 0.15) is 18.4 Å². The first kappa shape index (κ1) is 24.3. The summed E-state index contributed by atoms with van der Waals surface area (Å²) >= 11 is 6.12. The highest BCUT2D eigenvalue weighted by molar-refractivity contribution is 7.92. The molecule has 3 rings (SSSR count). The molecule has 1 aliphatic heterocycles. The van der Waals surface area contributed by atoms with Gasteiger partial charge in [-0.05, 0) is 49.1 Å². The van der Waals surface area contributed by atoms with Gasteiger partial charge in [0.25, 0.3) is 10.0 Å². The Hall–Kier alpha value is -2.30. The van der Waals surface area contributed by atoms with Gasteiger partial charge in [0.1, 0.15) is 6.54 Å². The van der Waals surface area contributed by atoms with Gasteiger partial charge < -0.3 is 10.0 Å². The molecule has 2 aromatic rings. The summed E-state index contributed by atoms with van der Waals surface area (Å²) in [6.07, 6.45) is -3.37. The molecular formula is C21H22ClF3N2O4S. The fourth-order valence-electron chi connectivity index (χ4n) is 3.56. The third kappa shape index (κ3) is 5.36. The van der Waals surface area contributed by atoms with E-state index in [0.717, 1.165) is 18.6 Å². The number of benzene rings is 2. The van der Waals surface area contributed by atoms with E-state index in [1.807, 2.05) is 0 Å². The van der Waals surface area contributed by atoms with Crippen LogP contribution in [0.2, 0.25) is 5.02 Å². The Morgan fingerprint density at radius 3 is 2.50 bits per heavy atom. The van der Waals surface area contributed by atoms with E-state index < -0.39 is 39.9 Å². The van der Waals surface area contributed by atoms with Gasteiger partial charge in [0, 0.05) is 19.7 Å². The Morgan fingerprint density at radius 2 is 1.88 bits per heavy atom. The number of carbonyl (C=O) groups is 1. The predicted octanol–water partition coefficient (Wildman–Crippen LogP) is 3.79. The molecule has 1 fully saturated rings. The number of aliphatic hydroxyl groups is 1. The van der Waals surface area contributed by atoms with Gasteiger partial charge in [-0.2, -0.15) is 13.2 Å². The number of likely N-dealkylation sites (tertiary alicyclic amines) is 1. The summed E-state index contributed by atoms with van der Waals surface area (Å²) in [5.74, 6) is -0.722. The van der Waals surface area contributed by atoms with Crippen LogP contribution in [-0.2, 0) is 21.0 Å². The number of rotatable bonds is 6. The third-order valence-corrected chi connectivity index (χ3v) is 7.38. The fourth-order valence-corrected chi connectivity index (χ4v) is 5.28. The van der Waals surface area contributed by atoms with Crippen LogP contribution < -0.4 is 4.31 Å². The quantitative estimate of drug-likeness (QED) is 0.668. The largest absolute Gasteiger partial charge is 0.416 e. The van der Waals surface area contributed by atoms with Crippen LogP contribution >= 0.6 is 11.6 Å². The molecule has 0 aromatic heterocycles. The molecule has 0 radical (unpaired) electrons. The number of amides is 1. The normalized spacial score (nSPS) is 17.3. The lowest BCUT2D eigenvalue weighted by molar-refractivity contribution is -0.137. The number of hydrogen-bond donors (Lipinski definition) is 1. The maximum atomic E-state index is 13.4. The molecule has 1 N–H and O–H groups in total. The minimum absolute atomic E-state index is 0.116. The molecule has 2 aromatic carbocycles. The second kappa shape index (κ2) is 9.68. The van der Waals surface area contributed by atoms with Crippen LogP contribution in [0.3, 0.4) is 0 Å². The molecular weight excluding hydrogens is 469 g/mol. The SMILES string of the molecule is O=C(CN(c1cc(C(F)(F)F)ccc1Cl)S(=O)(=O)c1ccccc1)N1CCCC(CO)C1. The number of piperidine rings is 1. The summed E-state index contributed by atoms with van der Waals surface area (Å²) in [6, 6.07) is 9.44. The number of hydrogen-bond acceptors (Lipinski definition) is 4. The van der Waals surface area contributed by atoms with Gasteiger partial charge in [0.05, 0.1) is 21.2 Å². The van der Waals surface area contributed by atoms with Gasteiger partial charge in [0.15, 0.2) is 0 Å². The molecule has 1 atom stereocenters. The molecule has 1 saturated heterocycles. The van der Waals surface area contributed by atoms with Crippen molar-refractivity contribution in [2.75, 3.05) is 30.5 Å². The van der Waals surface area contributed by atoms with E-state index in [4.69, 9.17) is 11.6 Å². The summed E-state index contributed by atoms with van der Waals surface area (Å²) < 4.78 is 67.3. The highest BCUT2D eigenvalue weighted by Crippen LogP contribution is 2.37. The van der Waals surface area contributed by atoms with Gasteiger partial charge in [-0.1, -0.05) is 29.8 Å². The van der Waals surface area contributed by atoms with Crippen LogP contribution in [0.5, 0.6) is 0 Å². The molecule has 1 aliphatic rings. The Labute approximate surface area is 189 Å². The molecule has 0 spiro atoms. The Bertz CT molecular complexity index is 1060. The second-order valence-electron chi connectivity index (χ2n) is 7.52. The van der Waals surface area contributed by atoms with E-state index in [1.165, 1.54) is 29.2 Å². The highest BCUT2D eigenvalue weighted by atomic mass is 35.5. The molecule has 174 valence electrons. The van der Waals surface area contributed by atoms with Gasteiger partial charge in [0.2, 0.25) is 5.91 Å². The summed E-state index contributed by atoms with van der Waals surface area (Å²) in [5, 5.41) is 9.16. The van der Waals surface area contributed by atoms with Crippen molar-refractivity contribution < 1.29 is 31.5 Å². The van der Waals surface area contributed by atoms with Crippen molar-refractivity contribution in [1.82, 2.24) is 4.90 Å². The van der Waals surface area contributed by atoms with Crippen molar-refractivity contribution >= 4 is 33.2 Å². The maximum absolute atomic E-state index is 13.4. The highest BCUT2D eigenvalue weighted by Gasteiger charge is 2.35. The molecule has 6 nitrogen and oxygen atoms in total. The van der Waals surface area contributed by atoms with E-state index in [-0.39, 0.29) is 29.0 Å². The topological polar surface area (TPSA) is 77.9 Å². The number of alkyl halides is 3. The molecule has 0 saturated carbocycles. The summed E-state index contributed by atoms with van der Waals surface area (Å²) in [5.41, 5.74) is -1.52. The Morgan fingerprint density at radius 1 is 1.19 bits per heavy atom. The number of aliphatic hydroxyl groups excluding tert-OH is 1. The molecule has 0 bridgehead atoms. The number of carbonyl (C=O) groups excluding carboxylic acids is 1. The van der Waals surface area contributed by atoms with Gasteiger partial charge in [-0.15, -0.1) is 0 Å². The predicted molar refractivity (Wildman–Crippen MR) is 114 cm³/mol. The zero-order valence-corrected chi connectivity index (χ0v) is 18.5. The zero-order valence-electron chi connectivity index (χ0n) is 16.9. The van der Waals surface area contributed by atoms with E-state index >= 15 is 0 Å². The summed E-state index contributed by atoms with van der Waals surface area (Å²) in [7, 11) is -4.41. The standard InChI is InChI=1S/C21H22ClF3N2O4S/c22-18-9-8-16(21(23,24)25)11-19(18)27(32(30,31)17-6-2-1-3-7-17)13-20(29)26-10-4-5-15(12-26)14-28/h1-3,6-9,11,15,28H,4-5,10,12-14H2. The van der Waals surface area contributed by atoms with Crippen molar-refractivity contribution in [2.45, 2.75) is 23.9 Å². The van der Waals surface area contributed by atoms with E-state index in [2.05, 4.69) is 0 Å². The van der Waals surface area contributed by atoms with Crippen LogP contribution in [0, 0.1) is 5.92 Å². The first-order valence-corrected chi connectivity index (χ1v) is 11.7. The van der Waals surface area contributed by atoms with Crippen LogP contribution in [0.25, 0.3) is 0 Å². The molecule has 1 heterocycles. The first-order chi connectivity index (χ1) is 15.0. The molecule has 11 heteroatoms. The number of anilines is 1. The smallest absolute Gasteiger partial charge is 0.396 e. The van der Waals surface area contributed by atoms with Crippen molar-refractivity contribution in [3.63, 3.8) is 0 Å². The number of halogens is 4. The van der Waals surface area contributed by atoms with Crippen molar-refractivity contribution in [1.29, 1.82) is 0 Å². The van der Waals surface area contributed by atoms with Gasteiger partial charge in [-0.3, -0.25) is 9.10 Å². The number of sulfonamides is 1. The van der Waals surface area contributed by atoms with Crippen molar-refractivity contribution in [3.05, 3.63) is 59.1 Å². The average Bonchev–Trinajstić information content (AvgIpc) is 2.77. The molecule has 32 heavy (non-hydrogen) atoms. The van der Waals surface area contributed by atoms with E-state index in [1.54, 1.807) is 6.07 Å². The summed E-state index contributed by atoms with van der Waals surface area (Å²) in [6.45, 7) is -0.235. The monoisotopic (exact) mass is 490 g/mol. The van der Waals surface area contributed by atoms with E-state index in [9.17, 15) is 31.5 Å². The average molecular weight is 491 g/mol.